The first kappa shape index (κ1) is 15.1. The molecule has 1 N–H and O–H groups in total. The standard InChI is InChI=1S/C17H20BrNO/c1-4-19-17(13-6-5-7-15(11-13)20-3)16-9-8-14(18)10-12(16)2/h5-11,17,19H,4H2,1-3H3. The van der Waals surface area contributed by atoms with E-state index >= 15 is 0 Å². The van der Waals surface area contributed by atoms with E-state index in [1.54, 1.807) is 7.11 Å². The van der Waals surface area contributed by atoms with Gasteiger partial charge in [-0.3, -0.25) is 0 Å². The second-order valence-electron chi connectivity index (χ2n) is 4.77. The molecule has 2 nitrogen and oxygen atoms in total. The molecule has 0 heterocycles. The monoisotopic (exact) mass is 333 g/mol. The van der Waals surface area contributed by atoms with Gasteiger partial charge in [0.2, 0.25) is 0 Å². The van der Waals surface area contributed by atoms with Crippen molar-refractivity contribution in [3.05, 3.63) is 63.6 Å². The maximum Gasteiger partial charge on any atom is 0.119 e. The minimum absolute atomic E-state index is 0.184. The smallest absolute Gasteiger partial charge is 0.119 e. The molecule has 0 saturated carbocycles. The fourth-order valence-corrected chi connectivity index (χ4v) is 2.87. The van der Waals surface area contributed by atoms with E-state index in [9.17, 15) is 0 Å². The molecule has 3 heteroatoms. The number of halogens is 1. The third-order valence-electron chi connectivity index (χ3n) is 3.38. The quantitative estimate of drug-likeness (QED) is 0.871. The number of nitrogens with one attached hydrogen (secondary N) is 1. The van der Waals surface area contributed by atoms with Crippen molar-refractivity contribution in [3.8, 4) is 5.75 Å². The van der Waals surface area contributed by atoms with Gasteiger partial charge < -0.3 is 10.1 Å². The molecule has 0 aromatic heterocycles. The van der Waals surface area contributed by atoms with Crippen LogP contribution in [0.1, 0.15) is 29.7 Å². The third kappa shape index (κ3) is 3.41. The molecule has 1 atom stereocenters. The summed E-state index contributed by atoms with van der Waals surface area (Å²) in [6.45, 7) is 5.18. The Morgan fingerprint density at radius 2 is 2.00 bits per heavy atom. The number of ether oxygens (including phenoxy) is 1. The summed E-state index contributed by atoms with van der Waals surface area (Å²) in [4.78, 5) is 0. The second kappa shape index (κ2) is 6.91. The van der Waals surface area contributed by atoms with Crippen LogP contribution in [-0.2, 0) is 0 Å². The second-order valence-corrected chi connectivity index (χ2v) is 5.68. The van der Waals surface area contributed by atoms with Crippen LogP contribution in [0.15, 0.2) is 46.9 Å². The highest BCUT2D eigenvalue weighted by atomic mass is 79.9. The molecular weight excluding hydrogens is 314 g/mol. The molecule has 1 unspecified atom stereocenters. The summed E-state index contributed by atoms with van der Waals surface area (Å²) in [5.74, 6) is 0.889. The van der Waals surface area contributed by atoms with E-state index in [0.29, 0.717) is 0 Å². The van der Waals surface area contributed by atoms with Crippen LogP contribution in [0.2, 0.25) is 0 Å². The van der Waals surface area contributed by atoms with Crippen LogP contribution in [0.3, 0.4) is 0 Å². The fraction of sp³-hybridized carbons (Fsp3) is 0.294. The molecule has 0 spiro atoms. The van der Waals surface area contributed by atoms with Gasteiger partial charge in [0.05, 0.1) is 13.2 Å². The van der Waals surface area contributed by atoms with Gasteiger partial charge in [0, 0.05) is 4.47 Å². The van der Waals surface area contributed by atoms with E-state index in [1.165, 1.54) is 16.7 Å². The van der Waals surface area contributed by atoms with Gasteiger partial charge in [-0.15, -0.1) is 0 Å². The summed E-state index contributed by atoms with van der Waals surface area (Å²) in [5.41, 5.74) is 3.79. The number of rotatable bonds is 5. The van der Waals surface area contributed by atoms with Crippen LogP contribution in [0, 0.1) is 6.92 Å². The van der Waals surface area contributed by atoms with Crippen molar-refractivity contribution in [2.75, 3.05) is 13.7 Å². The van der Waals surface area contributed by atoms with E-state index in [1.807, 2.05) is 12.1 Å². The van der Waals surface area contributed by atoms with Crippen LogP contribution in [0.4, 0.5) is 0 Å². The van der Waals surface area contributed by atoms with Crippen molar-refractivity contribution in [1.29, 1.82) is 0 Å². The van der Waals surface area contributed by atoms with E-state index in [-0.39, 0.29) is 6.04 Å². The normalized spacial score (nSPS) is 12.2. The SMILES string of the molecule is CCNC(c1cccc(OC)c1)c1ccc(Br)cc1C. The predicted molar refractivity (Wildman–Crippen MR) is 87.4 cm³/mol. The Balaban J connectivity index is 2.44. The van der Waals surface area contributed by atoms with Gasteiger partial charge in [-0.1, -0.05) is 41.1 Å². The Morgan fingerprint density at radius 3 is 2.65 bits per heavy atom. The predicted octanol–water partition coefficient (Wildman–Crippen LogP) is 4.47. The largest absolute Gasteiger partial charge is 0.497 e. The van der Waals surface area contributed by atoms with Gasteiger partial charge in [-0.2, -0.15) is 0 Å². The highest BCUT2D eigenvalue weighted by molar-refractivity contribution is 9.10. The van der Waals surface area contributed by atoms with Crippen LogP contribution in [0.25, 0.3) is 0 Å². The average Bonchev–Trinajstić information content (AvgIpc) is 2.45. The fourth-order valence-electron chi connectivity index (χ4n) is 2.40. The third-order valence-corrected chi connectivity index (χ3v) is 3.87. The maximum absolute atomic E-state index is 5.33. The van der Waals surface area contributed by atoms with Gasteiger partial charge in [0.25, 0.3) is 0 Å². The molecule has 0 radical (unpaired) electrons. The molecule has 2 rings (SSSR count). The minimum Gasteiger partial charge on any atom is -0.497 e. The average molecular weight is 334 g/mol. The zero-order valence-electron chi connectivity index (χ0n) is 12.1. The maximum atomic E-state index is 5.33. The zero-order chi connectivity index (χ0) is 14.5. The topological polar surface area (TPSA) is 21.3 Å². The van der Waals surface area contributed by atoms with Crippen molar-refractivity contribution < 1.29 is 4.74 Å². The van der Waals surface area contributed by atoms with Crippen LogP contribution in [0.5, 0.6) is 5.75 Å². The summed E-state index contributed by atoms with van der Waals surface area (Å²) in [5, 5.41) is 3.56. The first-order chi connectivity index (χ1) is 9.65. The summed E-state index contributed by atoms with van der Waals surface area (Å²) in [6, 6.07) is 14.8. The molecule has 2 aromatic carbocycles. The Hall–Kier alpha value is -1.32. The van der Waals surface area contributed by atoms with Gasteiger partial charge in [0.1, 0.15) is 5.75 Å². The minimum atomic E-state index is 0.184. The Bertz CT molecular complexity index is 583. The summed E-state index contributed by atoms with van der Waals surface area (Å²) < 4.78 is 6.44. The number of benzene rings is 2. The first-order valence-corrected chi connectivity index (χ1v) is 7.58. The number of methoxy groups -OCH3 is 1. The number of hydrogen-bond acceptors (Lipinski definition) is 2. The molecule has 0 aliphatic rings. The molecule has 0 fully saturated rings. The van der Waals surface area contributed by atoms with E-state index in [0.717, 1.165) is 16.8 Å². The molecular formula is C17H20BrNO. The Morgan fingerprint density at radius 1 is 1.20 bits per heavy atom. The van der Waals surface area contributed by atoms with Gasteiger partial charge >= 0.3 is 0 Å². The lowest BCUT2D eigenvalue weighted by Gasteiger charge is -2.21. The van der Waals surface area contributed by atoms with E-state index in [2.05, 4.69) is 65.4 Å². The van der Waals surface area contributed by atoms with Crippen LogP contribution in [-0.4, -0.2) is 13.7 Å². The molecule has 2 aromatic rings. The molecule has 20 heavy (non-hydrogen) atoms. The lowest BCUT2D eigenvalue weighted by molar-refractivity contribution is 0.413. The lowest BCUT2D eigenvalue weighted by atomic mass is 9.95. The Labute approximate surface area is 129 Å². The van der Waals surface area contributed by atoms with Crippen molar-refractivity contribution in [2.45, 2.75) is 19.9 Å². The van der Waals surface area contributed by atoms with E-state index < -0.39 is 0 Å². The molecule has 0 aliphatic carbocycles. The van der Waals surface area contributed by atoms with Crippen molar-refractivity contribution in [1.82, 2.24) is 5.32 Å². The highest BCUT2D eigenvalue weighted by Crippen LogP contribution is 2.28. The first-order valence-electron chi connectivity index (χ1n) is 6.79. The number of hydrogen-bond donors (Lipinski definition) is 1. The molecule has 0 bridgehead atoms. The summed E-state index contributed by atoms with van der Waals surface area (Å²) in [6.07, 6.45) is 0. The van der Waals surface area contributed by atoms with Gasteiger partial charge in [0.15, 0.2) is 0 Å². The highest BCUT2D eigenvalue weighted by Gasteiger charge is 2.15. The Kier molecular flexibility index (Phi) is 5.21. The van der Waals surface area contributed by atoms with Crippen LogP contribution >= 0.6 is 15.9 Å². The van der Waals surface area contributed by atoms with Crippen molar-refractivity contribution in [3.63, 3.8) is 0 Å². The van der Waals surface area contributed by atoms with Gasteiger partial charge in [-0.05, 0) is 54.4 Å². The van der Waals surface area contributed by atoms with E-state index in [4.69, 9.17) is 4.74 Å². The summed E-state index contributed by atoms with van der Waals surface area (Å²) in [7, 11) is 1.70. The van der Waals surface area contributed by atoms with Crippen LogP contribution < -0.4 is 10.1 Å². The summed E-state index contributed by atoms with van der Waals surface area (Å²) >= 11 is 3.52. The molecule has 0 saturated heterocycles. The molecule has 106 valence electrons. The lowest BCUT2D eigenvalue weighted by Crippen LogP contribution is -2.22. The van der Waals surface area contributed by atoms with Crippen molar-refractivity contribution in [2.24, 2.45) is 0 Å². The molecule has 0 amide bonds. The van der Waals surface area contributed by atoms with Gasteiger partial charge in [-0.25, -0.2) is 0 Å². The molecule has 0 aliphatic heterocycles. The zero-order valence-corrected chi connectivity index (χ0v) is 13.7. The number of aryl methyl sites for hydroxylation is 1. The van der Waals surface area contributed by atoms with Crippen molar-refractivity contribution >= 4 is 15.9 Å².